The molecule has 0 radical (unpaired) electrons. The summed E-state index contributed by atoms with van der Waals surface area (Å²) < 4.78 is 1.04. The van der Waals surface area contributed by atoms with Crippen LogP contribution in [0.4, 0.5) is 5.69 Å². The Labute approximate surface area is 148 Å². The Morgan fingerprint density at radius 1 is 1.22 bits per heavy atom. The fourth-order valence-electron chi connectivity index (χ4n) is 2.59. The molecule has 3 N–H and O–H groups in total. The number of amides is 1. The molecule has 2 aromatic carbocycles. The van der Waals surface area contributed by atoms with Crippen molar-refractivity contribution in [2.75, 3.05) is 5.32 Å². The Bertz CT molecular complexity index is 720. The largest absolute Gasteiger partial charge is 0.325 e. The van der Waals surface area contributed by atoms with Crippen molar-refractivity contribution >= 4 is 39.1 Å². The summed E-state index contributed by atoms with van der Waals surface area (Å²) in [6, 6.07) is 13.4. The van der Waals surface area contributed by atoms with Gasteiger partial charge in [0.05, 0.1) is 0 Å². The van der Waals surface area contributed by atoms with Crippen LogP contribution in [0.1, 0.15) is 23.6 Å². The first-order chi connectivity index (χ1) is 11.0. The van der Waals surface area contributed by atoms with Crippen LogP contribution in [-0.4, -0.2) is 11.9 Å². The first-order valence-corrected chi connectivity index (χ1v) is 8.53. The molecule has 23 heavy (non-hydrogen) atoms. The van der Waals surface area contributed by atoms with Gasteiger partial charge < -0.3 is 5.32 Å². The van der Waals surface area contributed by atoms with Crippen LogP contribution in [0.25, 0.3) is 0 Å². The molecule has 1 aliphatic heterocycles. The average Bonchev–Trinajstić information content (AvgIpc) is 3.02. The number of benzene rings is 2. The number of rotatable bonds is 3. The zero-order chi connectivity index (χ0) is 16.4. The van der Waals surface area contributed by atoms with Gasteiger partial charge in [0.1, 0.15) is 6.04 Å². The van der Waals surface area contributed by atoms with Gasteiger partial charge in [-0.2, -0.15) is 0 Å². The summed E-state index contributed by atoms with van der Waals surface area (Å²) in [7, 11) is 0. The number of hydrazine groups is 1. The summed E-state index contributed by atoms with van der Waals surface area (Å²) >= 11 is 9.43. The lowest BCUT2D eigenvalue weighted by Gasteiger charge is -2.11. The number of carbonyl (C=O) groups excluding carboxylic acids is 1. The molecule has 120 valence electrons. The van der Waals surface area contributed by atoms with Crippen molar-refractivity contribution in [3.05, 3.63) is 63.1 Å². The third-order valence-electron chi connectivity index (χ3n) is 3.92. The SMILES string of the molecule is Cc1cc(NC(=O)C2CC(c3ccc(Br)cc3)NN2)ccc1Cl. The van der Waals surface area contributed by atoms with Gasteiger partial charge in [-0.25, -0.2) is 10.9 Å². The van der Waals surface area contributed by atoms with Crippen LogP contribution in [0.5, 0.6) is 0 Å². The lowest BCUT2D eigenvalue weighted by atomic mass is 10.0. The van der Waals surface area contributed by atoms with Crippen LogP contribution in [0.2, 0.25) is 5.02 Å². The zero-order valence-corrected chi connectivity index (χ0v) is 14.9. The number of halogens is 2. The van der Waals surface area contributed by atoms with Gasteiger partial charge in [-0.05, 0) is 54.8 Å². The third-order valence-corrected chi connectivity index (χ3v) is 4.87. The zero-order valence-electron chi connectivity index (χ0n) is 12.6. The maximum Gasteiger partial charge on any atom is 0.242 e. The molecule has 1 aliphatic rings. The predicted molar refractivity (Wildman–Crippen MR) is 96.4 cm³/mol. The van der Waals surface area contributed by atoms with E-state index < -0.39 is 0 Å². The molecule has 2 aromatic rings. The van der Waals surface area contributed by atoms with Gasteiger partial charge in [0.15, 0.2) is 0 Å². The quantitative estimate of drug-likeness (QED) is 0.738. The number of aryl methyl sites for hydroxylation is 1. The lowest BCUT2D eigenvalue weighted by molar-refractivity contribution is -0.117. The Morgan fingerprint density at radius 2 is 1.96 bits per heavy atom. The van der Waals surface area contributed by atoms with Crippen molar-refractivity contribution in [1.29, 1.82) is 0 Å². The van der Waals surface area contributed by atoms with Crippen molar-refractivity contribution in [2.24, 2.45) is 0 Å². The molecule has 4 nitrogen and oxygen atoms in total. The van der Waals surface area contributed by atoms with Crippen molar-refractivity contribution in [2.45, 2.75) is 25.4 Å². The molecule has 0 spiro atoms. The molecule has 0 saturated carbocycles. The molecule has 1 saturated heterocycles. The molecule has 2 atom stereocenters. The number of nitrogens with one attached hydrogen (secondary N) is 3. The minimum atomic E-state index is -0.278. The third kappa shape index (κ3) is 3.93. The second-order valence-electron chi connectivity index (χ2n) is 5.63. The van der Waals surface area contributed by atoms with E-state index in [1.54, 1.807) is 6.07 Å². The van der Waals surface area contributed by atoms with Gasteiger partial charge in [0, 0.05) is 21.2 Å². The second kappa shape index (κ2) is 7.01. The minimum Gasteiger partial charge on any atom is -0.325 e. The highest BCUT2D eigenvalue weighted by atomic mass is 79.9. The molecule has 1 fully saturated rings. The van der Waals surface area contributed by atoms with Crippen molar-refractivity contribution in [3.63, 3.8) is 0 Å². The Balaban J connectivity index is 1.63. The molecule has 2 unspecified atom stereocenters. The number of hydrogen-bond donors (Lipinski definition) is 3. The molecule has 1 amide bonds. The maximum atomic E-state index is 12.4. The summed E-state index contributed by atoms with van der Waals surface area (Å²) in [4.78, 5) is 12.4. The van der Waals surface area contributed by atoms with Gasteiger partial charge in [0.2, 0.25) is 5.91 Å². The Kier molecular flexibility index (Phi) is 5.02. The highest BCUT2D eigenvalue weighted by Gasteiger charge is 2.30. The van der Waals surface area contributed by atoms with E-state index in [4.69, 9.17) is 11.6 Å². The van der Waals surface area contributed by atoms with Crippen LogP contribution in [0, 0.1) is 6.92 Å². The normalized spacial score (nSPS) is 20.5. The number of anilines is 1. The van der Waals surface area contributed by atoms with Crippen LogP contribution < -0.4 is 16.2 Å². The predicted octanol–water partition coefficient (Wildman–Crippen LogP) is 3.96. The number of hydrogen-bond acceptors (Lipinski definition) is 3. The van der Waals surface area contributed by atoms with E-state index in [9.17, 15) is 4.79 Å². The fraction of sp³-hybridized carbons (Fsp3) is 0.235. The Hall–Kier alpha value is -1.40. The summed E-state index contributed by atoms with van der Waals surface area (Å²) in [6.07, 6.45) is 0.694. The van der Waals surface area contributed by atoms with Crippen LogP contribution in [0.15, 0.2) is 46.9 Å². The fourth-order valence-corrected chi connectivity index (χ4v) is 2.98. The van der Waals surface area contributed by atoms with Gasteiger partial charge in [0.25, 0.3) is 0 Å². The standard InChI is InChI=1S/C17H17BrClN3O/c1-10-8-13(6-7-14(10)19)20-17(23)16-9-15(21-22-16)11-2-4-12(18)5-3-11/h2-8,15-16,21-22H,9H2,1H3,(H,20,23). The summed E-state index contributed by atoms with van der Waals surface area (Å²) in [5, 5.41) is 3.62. The molecule has 1 heterocycles. The Morgan fingerprint density at radius 3 is 2.65 bits per heavy atom. The van der Waals surface area contributed by atoms with Crippen LogP contribution in [-0.2, 0) is 4.79 Å². The van der Waals surface area contributed by atoms with E-state index in [0.717, 1.165) is 21.3 Å². The lowest BCUT2D eigenvalue weighted by Crippen LogP contribution is -2.39. The first kappa shape index (κ1) is 16.5. The van der Waals surface area contributed by atoms with Gasteiger partial charge >= 0.3 is 0 Å². The van der Waals surface area contributed by atoms with Crippen molar-refractivity contribution in [1.82, 2.24) is 10.9 Å². The average molecular weight is 395 g/mol. The van der Waals surface area contributed by atoms with Crippen molar-refractivity contribution in [3.8, 4) is 0 Å². The summed E-state index contributed by atoms with van der Waals surface area (Å²) in [5.41, 5.74) is 9.09. The van der Waals surface area contributed by atoms with E-state index in [1.165, 1.54) is 0 Å². The molecule has 0 aliphatic carbocycles. The van der Waals surface area contributed by atoms with E-state index in [1.807, 2.05) is 43.3 Å². The topological polar surface area (TPSA) is 53.2 Å². The molecule has 3 rings (SSSR count). The van der Waals surface area contributed by atoms with E-state index in [-0.39, 0.29) is 18.0 Å². The maximum absolute atomic E-state index is 12.4. The first-order valence-electron chi connectivity index (χ1n) is 7.36. The molecule has 6 heteroatoms. The summed E-state index contributed by atoms with van der Waals surface area (Å²) in [6.45, 7) is 1.91. The van der Waals surface area contributed by atoms with Crippen molar-refractivity contribution < 1.29 is 4.79 Å². The van der Waals surface area contributed by atoms with E-state index in [0.29, 0.717) is 11.4 Å². The number of carbonyl (C=O) groups is 1. The molecular formula is C17H17BrClN3O. The minimum absolute atomic E-state index is 0.0566. The van der Waals surface area contributed by atoms with E-state index in [2.05, 4.69) is 32.1 Å². The molecule has 0 bridgehead atoms. The second-order valence-corrected chi connectivity index (χ2v) is 6.96. The summed E-state index contributed by atoms with van der Waals surface area (Å²) in [5.74, 6) is -0.0566. The van der Waals surface area contributed by atoms with Gasteiger partial charge in [-0.1, -0.05) is 39.7 Å². The van der Waals surface area contributed by atoms with Crippen LogP contribution in [0.3, 0.4) is 0 Å². The molecular weight excluding hydrogens is 378 g/mol. The molecule has 0 aromatic heterocycles. The highest BCUT2D eigenvalue weighted by Crippen LogP contribution is 2.25. The smallest absolute Gasteiger partial charge is 0.242 e. The van der Waals surface area contributed by atoms with E-state index >= 15 is 0 Å². The highest BCUT2D eigenvalue weighted by molar-refractivity contribution is 9.10. The monoisotopic (exact) mass is 393 g/mol. The van der Waals surface area contributed by atoms with Crippen LogP contribution >= 0.6 is 27.5 Å². The van der Waals surface area contributed by atoms with Gasteiger partial charge in [-0.3, -0.25) is 4.79 Å². The van der Waals surface area contributed by atoms with Gasteiger partial charge in [-0.15, -0.1) is 0 Å².